The van der Waals surface area contributed by atoms with Gasteiger partial charge in [0.1, 0.15) is 10.8 Å². The molecule has 2 N–H and O–H groups in total. The minimum absolute atomic E-state index is 0.0592. The van der Waals surface area contributed by atoms with E-state index in [1.807, 2.05) is 4.90 Å². The van der Waals surface area contributed by atoms with Gasteiger partial charge in [0.25, 0.3) is 0 Å². The van der Waals surface area contributed by atoms with Crippen LogP contribution < -0.4 is 10.6 Å². The Morgan fingerprint density at radius 2 is 1.95 bits per heavy atom. The normalized spacial score (nSPS) is 15.5. The van der Waals surface area contributed by atoms with Crippen LogP contribution in [0, 0.1) is 5.82 Å². The molecule has 1 amide bonds. The molecule has 1 fully saturated rings. The maximum atomic E-state index is 14.0. The zero-order valence-corrected chi connectivity index (χ0v) is 11.5. The van der Waals surface area contributed by atoms with Gasteiger partial charge in [0, 0.05) is 38.7 Å². The third kappa shape index (κ3) is 3.01. The highest BCUT2D eigenvalue weighted by Gasteiger charge is 2.20. The number of nitrogens with zero attached hydrogens (tertiary/aromatic N) is 2. The lowest BCUT2D eigenvalue weighted by Gasteiger charge is -2.35. The number of halogens is 1. The second kappa shape index (κ2) is 5.52. The maximum absolute atomic E-state index is 14.0. The number of amides is 1. The molecule has 0 aromatic heterocycles. The molecule has 0 atom stereocenters. The van der Waals surface area contributed by atoms with Gasteiger partial charge in [0.05, 0.1) is 5.69 Å². The Kier molecular flexibility index (Phi) is 3.99. The molecule has 0 radical (unpaired) electrons. The van der Waals surface area contributed by atoms with Crippen molar-refractivity contribution < 1.29 is 9.18 Å². The van der Waals surface area contributed by atoms with Gasteiger partial charge in [-0.05, 0) is 18.2 Å². The Balaban J connectivity index is 2.11. The summed E-state index contributed by atoms with van der Waals surface area (Å²) in [5.41, 5.74) is 6.53. The van der Waals surface area contributed by atoms with Crippen molar-refractivity contribution in [3.8, 4) is 0 Å². The fraction of sp³-hybridized carbons (Fsp3) is 0.385. The van der Waals surface area contributed by atoms with Crippen molar-refractivity contribution >= 4 is 28.8 Å². The molecule has 6 heteroatoms. The summed E-state index contributed by atoms with van der Waals surface area (Å²) in [4.78, 5) is 15.1. The number of piperazine rings is 1. The Bertz CT molecular complexity index is 513. The van der Waals surface area contributed by atoms with Crippen LogP contribution in [0.1, 0.15) is 12.5 Å². The predicted molar refractivity (Wildman–Crippen MR) is 76.8 cm³/mol. The third-order valence-electron chi connectivity index (χ3n) is 3.30. The summed E-state index contributed by atoms with van der Waals surface area (Å²) in [6.07, 6.45) is 0. The Hall–Kier alpha value is -1.69. The summed E-state index contributed by atoms with van der Waals surface area (Å²) in [7, 11) is 0. The van der Waals surface area contributed by atoms with Crippen molar-refractivity contribution in [2.45, 2.75) is 6.92 Å². The van der Waals surface area contributed by atoms with Crippen LogP contribution in [-0.4, -0.2) is 42.0 Å². The van der Waals surface area contributed by atoms with E-state index in [2.05, 4.69) is 0 Å². The van der Waals surface area contributed by atoms with Crippen molar-refractivity contribution in [1.82, 2.24) is 4.90 Å². The van der Waals surface area contributed by atoms with Gasteiger partial charge >= 0.3 is 0 Å². The van der Waals surface area contributed by atoms with E-state index in [1.54, 1.807) is 24.0 Å². The van der Waals surface area contributed by atoms with Gasteiger partial charge < -0.3 is 15.5 Å². The molecular formula is C13H16FN3OS. The van der Waals surface area contributed by atoms with E-state index in [0.717, 1.165) is 0 Å². The molecule has 102 valence electrons. The van der Waals surface area contributed by atoms with E-state index < -0.39 is 0 Å². The standard InChI is InChI=1S/C13H16FN3OS/c1-9(18)16-4-6-17(7-5-16)12-3-2-10(13(15)19)8-11(12)14/h2-3,8H,4-7H2,1H3,(H2,15,19). The number of anilines is 1. The fourth-order valence-corrected chi connectivity index (χ4v) is 2.31. The quantitative estimate of drug-likeness (QED) is 0.826. The molecule has 1 aromatic rings. The first-order valence-corrected chi connectivity index (χ1v) is 6.49. The van der Waals surface area contributed by atoms with Crippen LogP contribution >= 0.6 is 12.2 Å². The zero-order valence-electron chi connectivity index (χ0n) is 10.7. The van der Waals surface area contributed by atoms with E-state index in [9.17, 15) is 9.18 Å². The molecule has 1 aliphatic heterocycles. The van der Waals surface area contributed by atoms with E-state index in [4.69, 9.17) is 18.0 Å². The molecule has 1 heterocycles. The van der Waals surface area contributed by atoms with Crippen LogP contribution in [0.3, 0.4) is 0 Å². The minimum atomic E-state index is -0.332. The summed E-state index contributed by atoms with van der Waals surface area (Å²) < 4.78 is 14.0. The first kappa shape index (κ1) is 13.7. The monoisotopic (exact) mass is 281 g/mol. The molecule has 0 aliphatic carbocycles. The lowest BCUT2D eigenvalue weighted by atomic mass is 10.1. The topological polar surface area (TPSA) is 49.6 Å². The highest BCUT2D eigenvalue weighted by Crippen LogP contribution is 2.22. The lowest BCUT2D eigenvalue weighted by Crippen LogP contribution is -2.48. The van der Waals surface area contributed by atoms with Gasteiger partial charge in [0.15, 0.2) is 0 Å². The first-order valence-electron chi connectivity index (χ1n) is 6.09. The molecule has 1 saturated heterocycles. The Morgan fingerprint density at radius 3 is 2.42 bits per heavy atom. The van der Waals surface area contributed by atoms with Crippen LogP contribution in [0.15, 0.2) is 18.2 Å². The fourth-order valence-electron chi connectivity index (χ4n) is 2.18. The zero-order chi connectivity index (χ0) is 14.0. The van der Waals surface area contributed by atoms with Gasteiger partial charge in [-0.2, -0.15) is 0 Å². The molecule has 1 aromatic carbocycles. The van der Waals surface area contributed by atoms with Crippen molar-refractivity contribution in [3.63, 3.8) is 0 Å². The van der Waals surface area contributed by atoms with Crippen molar-refractivity contribution in [2.75, 3.05) is 31.1 Å². The third-order valence-corrected chi connectivity index (χ3v) is 3.53. The van der Waals surface area contributed by atoms with Crippen molar-refractivity contribution in [1.29, 1.82) is 0 Å². The van der Waals surface area contributed by atoms with Gasteiger partial charge in [-0.15, -0.1) is 0 Å². The largest absolute Gasteiger partial charge is 0.389 e. The van der Waals surface area contributed by atoms with E-state index >= 15 is 0 Å². The molecule has 0 unspecified atom stereocenters. The number of hydrogen-bond donors (Lipinski definition) is 1. The summed E-state index contributed by atoms with van der Waals surface area (Å²) in [6.45, 7) is 4.04. The number of benzene rings is 1. The maximum Gasteiger partial charge on any atom is 0.219 e. The van der Waals surface area contributed by atoms with Gasteiger partial charge in [-0.3, -0.25) is 4.79 Å². The number of hydrogen-bond acceptors (Lipinski definition) is 3. The van der Waals surface area contributed by atoms with Gasteiger partial charge in [0.2, 0.25) is 5.91 Å². The number of carbonyl (C=O) groups excluding carboxylic acids is 1. The molecule has 1 aliphatic rings. The van der Waals surface area contributed by atoms with Crippen LogP contribution in [0.4, 0.5) is 10.1 Å². The van der Waals surface area contributed by atoms with Crippen molar-refractivity contribution in [2.24, 2.45) is 5.73 Å². The van der Waals surface area contributed by atoms with Gasteiger partial charge in [-0.25, -0.2) is 4.39 Å². The van der Waals surface area contributed by atoms with E-state index in [1.165, 1.54) is 6.07 Å². The van der Waals surface area contributed by atoms with Crippen molar-refractivity contribution in [3.05, 3.63) is 29.6 Å². The molecule has 2 rings (SSSR count). The van der Waals surface area contributed by atoms with Crippen LogP contribution in [0.25, 0.3) is 0 Å². The smallest absolute Gasteiger partial charge is 0.219 e. The molecule has 4 nitrogen and oxygen atoms in total. The number of carbonyl (C=O) groups is 1. The average Bonchev–Trinajstić information content (AvgIpc) is 2.38. The summed E-state index contributed by atoms with van der Waals surface area (Å²) >= 11 is 4.82. The summed E-state index contributed by atoms with van der Waals surface area (Å²) in [5, 5.41) is 0. The van der Waals surface area contributed by atoms with E-state index in [0.29, 0.717) is 37.4 Å². The number of rotatable bonds is 2. The molecule has 0 spiro atoms. The Labute approximate surface area is 117 Å². The summed E-state index contributed by atoms with van der Waals surface area (Å²) in [5.74, 6) is -0.273. The second-order valence-corrected chi connectivity index (χ2v) is 4.96. The Morgan fingerprint density at radius 1 is 1.32 bits per heavy atom. The SMILES string of the molecule is CC(=O)N1CCN(c2ccc(C(N)=S)cc2F)CC1. The summed E-state index contributed by atoms with van der Waals surface area (Å²) in [6, 6.07) is 4.76. The van der Waals surface area contributed by atoms with Gasteiger partial charge in [-0.1, -0.05) is 12.2 Å². The van der Waals surface area contributed by atoms with Crippen LogP contribution in [0.2, 0.25) is 0 Å². The van der Waals surface area contributed by atoms with Crippen LogP contribution in [-0.2, 0) is 4.79 Å². The molecule has 0 bridgehead atoms. The minimum Gasteiger partial charge on any atom is -0.389 e. The van der Waals surface area contributed by atoms with E-state index in [-0.39, 0.29) is 16.7 Å². The number of nitrogens with two attached hydrogens (primary N) is 1. The molecular weight excluding hydrogens is 265 g/mol. The number of thiocarbonyl (C=S) groups is 1. The van der Waals surface area contributed by atoms with Crippen LogP contribution in [0.5, 0.6) is 0 Å². The highest BCUT2D eigenvalue weighted by molar-refractivity contribution is 7.80. The molecule has 0 saturated carbocycles. The highest BCUT2D eigenvalue weighted by atomic mass is 32.1. The second-order valence-electron chi connectivity index (χ2n) is 4.52. The lowest BCUT2D eigenvalue weighted by molar-refractivity contribution is -0.129. The molecule has 19 heavy (non-hydrogen) atoms. The predicted octanol–water partition coefficient (Wildman–Crippen LogP) is 1.13. The average molecular weight is 281 g/mol. The first-order chi connectivity index (χ1) is 8.99.